The van der Waals surface area contributed by atoms with Crippen LogP contribution in [-0.2, 0) is 16.5 Å². The molecule has 0 rings (SSSR count). The van der Waals surface area contributed by atoms with Gasteiger partial charge in [0, 0.05) is 16.5 Å². The Morgan fingerprint density at radius 1 is 0.750 bits per heavy atom. The van der Waals surface area contributed by atoms with Gasteiger partial charge in [-0.25, -0.2) is 0 Å². The second-order valence-corrected chi connectivity index (χ2v) is 2.87. The molecule has 0 aliphatic carbocycles. The summed E-state index contributed by atoms with van der Waals surface area (Å²) in [5, 5.41) is 0. The molecule has 0 aliphatic heterocycles. The molecule has 58 valence electrons. The summed E-state index contributed by atoms with van der Waals surface area (Å²) in [6.07, 6.45) is 0. The first kappa shape index (κ1) is 11.3. The van der Waals surface area contributed by atoms with Crippen LogP contribution < -0.4 is 0 Å². The second kappa shape index (κ2) is 1.32. The average Bonchev–Trinajstić information content (AvgIpc) is 0.592. The monoisotopic (exact) mass is 204 g/mol. The fourth-order valence-corrected chi connectivity index (χ4v) is 0. The van der Waals surface area contributed by atoms with E-state index in [9.17, 15) is 25.2 Å². The van der Waals surface area contributed by atoms with Crippen molar-refractivity contribution in [3.8, 4) is 0 Å². The van der Waals surface area contributed by atoms with Gasteiger partial charge in [0.1, 0.15) is 0 Å². The van der Waals surface area contributed by atoms with E-state index in [2.05, 4.69) is 0 Å². The van der Waals surface area contributed by atoms with Crippen LogP contribution in [0.25, 0.3) is 0 Å². The van der Waals surface area contributed by atoms with Crippen molar-refractivity contribution in [3.05, 3.63) is 0 Å². The van der Waals surface area contributed by atoms with E-state index in [1.165, 1.54) is 0 Å². The van der Waals surface area contributed by atoms with Crippen LogP contribution in [0.1, 0.15) is 1.43 Å². The summed E-state index contributed by atoms with van der Waals surface area (Å²) in [6.45, 7) is 0. The molecule has 0 spiro atoms. The van der Waals surface area contributed by atoms with Gasteiger partial charge in [-0.2, -0.15) is 0 Å². The molecule has 0 unspecified atom stereocenters. The zero-order chi connectivity index (χ0) is 6.41. The molecular formula is HF6NiP. The summed E-state index contributed by atoms with van der Waals surface area (Å²) in [6, 6.07) is 0. The van der Waals surface area contributed by atoms with Crippen molar-refractivity contribution in [1.29, 1.82) is 0 Å². The molecule has 0 saturated heterocycles. The Morgan fingerprint density at radius 3 is 0.750 bits per heavy atom. The van der Waals surface area contributed by atoms with Gasteiger partial charge in [0.15, 0.2) is 0 Å². The number of halogens is 6. The van der Waals surface area contributed by atoms with Crippen molar-refractivity contribution >= 4 is 7.81 Å². The van der Waals surface area contributed by atoms with Gasteiger partial charge < -0.3 is 0 Å². The third kappa shape index (κ3) is 777. The van der Waals surface area contributed by atoms with E-state index in [-0.39, 0.29) is 17.9 Å². The van der Waals surface area contributed by atoms with E-state index >= 15 is 0 Å². The molecule has 0 aromatic rings. The van der Waals surface area contributed by atoms with Gasteiger partial charge in [-0.1, -0.05) is 0 Å². The Bertz CT molecular complexity index is 71.6. The summed E-state index contributed by atoms with van der Waals surface area (Å²) in [4.78, 5) is 0. The predicted molar refractivity (Wildman–Crippen MR) is 14.7 cm³/mol. The van der Waals surface area contributed by atoms with Crippen LogP contribution in [0.3, 0.4) is 0 Å². The molecule has 0 amide bonds. The van der Waals surface area contributed by atoms with Crippen molar-refractivity contribution in [1.82, 2.24) is 0 Å². The minimum absolute atomic E-state index is 0. The fourth-order valence-electron chi connectivity index (χ4n) is 0. The topological polar surface area (TPSA) is 0 Å². The van der Waals surface area contributed by atoms with E-state index in [0.29, 0.717) is 0 Å². The summed E-state index contributed by atoms with van der Waals surface area (Å²) in [5.41, 5.74) is 0. The standard InChI is InChI=1S/F6P.Ni/c1-7(2,3,4,5)6;/q-1;/p+1. The summed E-state index contributed by atoms with van der Waals surface area (Å²) < 4.78 is 59.2. The quantitative estimate of drug-likeness (QED) is 0.322. The third-order valence-electron chi connectivity index (χ3n) is 0. The zero-order valence-corrected chi connectivity index (χ0v) is 4.91. The fraction of sp³-hybridized carbons (Fsp3) is 0. The molecular weight excluding hydrogens is 204 g/mol. The minimum atomic E-state index is -10.7. The molecule has 8 heavy (non-hydrogen) atoms. The smallest absolute Gasteiger partial charge is 0 e. The number of hydrogen-bond acceptors (Lipinski definition) is 0. The molecule has 8 heteroatoms. The van der Waals surface area contributed by atoms with Gasteiger partial charge in [-0.15, -0.1) is 0 Å². The van der Waals surface area contributed by atoms with E-state index in [1.807, 2.05) is 0 Å². The first-order valence-electron chi connectivity index (χ1n) is 1.01. The first-order valence-corrected chi connectivity index (χ1v) is 3.04. The minimum Gasteiger partial charge on any atom is 0 e. The van der Waals surface area contributed by atoms with Gasteiger partial charge in [-0.05, 0) is 0 Å². The maximum Gasteiger partial charge on any atom is 1.00 e. The Kier molecular flexibility index (Phi) is 1.87. The molecule has 0 radical (unpaired) electrons. The SMILES string of the molecule is F[P-](F)(F)(F)(F)F.[H+].[Ni]. The normalized spacial score (nSPS) is 20.2. The maximum absolute atomic E-state index is 10.7. The van der Waals surface area contributed by atoms with Crippen molar-refractivity contribution in [2.45, 2.75) is 0 Å². The van der Waals surface area contributed by atoms with Crippen LogP contribution in [0, 0.1) is 0 Å². The summed E-state index contributed by atoms with van der Waals surface area (Å²) in [7, 11) is -10.7. The molecule has 0 saturated carbocycles. The number of hydrogen-bond donors (Lipinski definition) is 0. The molecule has 0 atom stereocenters. The van der Waals surface area contributed by atoms with Gasteiger partial charge in [-0.3, -0.25) is 0 Å². The van der Waals surface area contributed by atoms with Crippen LogP contribution in [-0.4, -0.2) is 0 Å². The molecule has 0 fully saturated rings. The average molecular weight is 205 g/mol. The summed E-state index contributed by atoms with van der Waals surface area (Å²) >= 11 is 0. The van der Waals surface area contributed by atoms with E-state index in [4.69, 9.17) is 0 Å². The zero-order valence-electron chi connectivity index (χ0n) is 4.03. The maximum atomic E-state index is 9.87. The van der Waals surface area contributed by atoms with Crippen molar-refractivity contribution < 1.29 is 43.1 Å². The molecule has 0 nitrogen and oxygen atoms in total. The Labute approximate surface area is 51.9 Å². The Balaban J connectivity index is -0.000000180. The van der Waals surface area contributed by atoms with Gasteiger partial charge in [0.2, 0.25) is 0 Å². The van der Waals surface area contributed by atoms with Gasteiger partial charge in [0.05, 0.1) is 0 Å². The van der Waals surface area contributed by atoms with E-state index < -0.39 is 7.81 Å². The van der Waals surface area contributed by atoms with Crippen LogP contribution in [0.4, 0.5) is 25.2 Å². The molecule has 0 N–H and O–H groups in total. The molecule has 0 bridgehead atoms. The third-order valence-corrected chi connectivity index (χ3v) is 0. The van der Waals surface area contributed by atoms with Crippen LogP contribution in [0.5, 0.6) is 0 Å². The predicted octanol–water partition coefficient (Wildman–Crippen LogP) is 3.49. The van der Waals surface area contributed by atoms with Crippen LogP contribution in [0.15, 0.2) is 0 Å². The van der Waals surface area contributed by atoms with E-state index in [1.54, 1.807) is 0 Å². The van der Waals surface area contributed by atoms with Crippen LogP contribution in [0.2, 0.25) is 0 Å². The molecule has 0 aliphatic rings. The van der Waals surface area contributed by atoms with Gasteiger partial charge in [0.25, 0.3) is 0 Å². The van der Waals surface area contributed by atoms with Gasteiger partial charge >= 0.3 is 34.4 Å². The van der Waals surface area contributed by atoms with E-state index in [0.717, 1.165) is 0 Å². The largest absolute Gasteiger partial charge is 1.00 e. The van der Waals surface area contributed by atoms with Crippen molar-refractivity contribution in [2.24, 2.45) is 0 Å². The molecule has 0 heterocycles. The second-order valence-electron chi connectivity index (χ2n) is 0.958. The molecule has 0 aromatic heterocycles. The van der Waals surface area contributed by atoms with Crippen molar-refractivity contribution in [3.63, 3.8) is 0 Å². The van der Waals surface area contributed by atoms with Crippen molar-refractivity contribution in [2.75, 3.05) is 0 Å². The Morgan fingerprint density at radius 2 is 0.750 bits per heavy atom. The van der Waals surface area contributed by atoms with Crippen LogP contribution >= 0.6 is 7.81 Å². The Hall–Kier alpha value is 0.504. The molecule has 0 aromatic carbocycles. The summed E-state index contributed by atoms with van der Waals surface area (Å²) in [5.74, 6) is 0. The first-order chi connectivity index (χ1) is 2.45. The number of rotatable bonds is 0.